The van der Waals surface area contributed by atoms with Gasteiger partial charge in [-0.2, -0.15) is 5.10 Å². The van der Waals surface area contributed by atoms with E-state index in [4.69, 9.17) is 0 Å². The van der Waals surface area contributed by atoms with Gasteiger partial charge >= 0.3 is 0 Å². The molecular formula is C29H29FN6O4. The van der Waals surface area contributed by atoms with Crippen LogP contribution in [0.5, 0.6) is 0 Å². The summed E-state index contributed by atoms with van der Waals surface area (Å²) in [6.07, 6.45) is 5.57. The highest BCUT2D eigenvalue weighted by atomic mass is 19.1. The van der Waals surface area contributed by atoms with Crippen LogP contribution >= 0.6 is 0 Å². The molecule has 3 heterocycles. The van der Waals surface area contributed by atoms with E-state index in [1.165, 1.54) is 33.9 Å². The number of rotatable bonds is 7. The Morgan fingerprint density at radius 3 is 2.42 bits per heavy atom. The molecule has 10 nitrogen and oxygen atoms in total. The minimum atomic E-state index is -1.09. The maximum Gasteiger partial charge on any atom is 0.264 e. The SMILES string of the molecule is O=C(NCc1ccc(F)cc1)c1ccc(-n2ncc3c(=O)n(CC4(O)CCN(C(=O)C5CC5)CC4)cnc32)cc1. The van der Waals surface area contributed by atoms with E-state index in [0.717, 1.165) is 18.4 Å². The molecule has 0 bridgehead atoms. The highest BCUT2D eigenvalue weighted by Crippen LogP contribution is 2.33. The fourth-order valence-corrected chi connectivity index (χ4v) is 5.10. The molecule has 1 saturated carbocycles. The fourth-order valence-electron chi connectivity index (χ4n) is 5.10. The van der Waals surface area contributed by atoms with E-state index in [-0.39, 0.29) is 42.2 Å². The zero-order valence-electron chi connectivity index (χ0n) is 21.8. The van der Waals surface area contributed by atoms with E-state index in [9.17, 15) is 23.9 Å². The number of hydrogen-bond acceptors (Lipinski definition) is 6. The molecule has 2 aromatic heterocycles. The Labute approximate surface area is 229 Å². The van der Waals surface area contributed by atoms with E-state index in [2.05, 4.69) is 15.4 Å². The summed E-state index contributed by atoms with van der Waals surface area (Å²) in [4.78, 5) is 44.4. The largest absolute Gasteiger partial charge is 0.388 e. The molecule has 1 aliphatic carbocycles. The minimum Gasteiger partial charge on any atom is -0.388 e. The standard InChI is InChI=1S/C29H29FN6O4/c30-22-7-1-19(2-8-22)15-31-26(37)20-5-9-23(10-6-20)36-25-24(16-33-36)28(39)35(18-32-25)17-29(40)11-13-34(14-12-29)27(38)21-3-4-21/h1-2,5-10,16,18,21,40H,3-4,11-15,17H2,(H,31,37). The highest BCUT2D eigenvalue weighted by molar-refractivity contribution is 5.94. The lowest BCUT2D eigenvalue weighted by Crippen LogP contribution is -2.50. The average Bonchev–Trinajstić information content (AvgIpc) is 3.73. The maximum atomic E-state index is 13.2. The first-order chi connectivity index (χ1) is 19.3. The van der Waals surface area contributed by atoms with E-state index in [1.807, 2.05) is 4.90 Å². The summed E-state index contributed by atoms with van der Waals surface area (Å²) in [7, 11) is 0. The average molecular weight is 545 g/mol. The Kier molecular flexibility index (Phi) is 6.67. The number of nitrogens with zero attached hydrogens (tertiary/aromatic N) is 5. The van der Waals surface area contributed by atoms with Crippen molar-refractivity contribution in [2.45, 2.75) is 44.4 Å². The molecule has 0 spiro atoms. The van der Waals surface area contributed by atoms with Crippen molar-refractivity contribution in [1.29, 1.82) is 0 Å². The van der Waals surface area contributed by atoms with Crippen LogP contribution in [0.3, 0.4) is 0 Å². The van der Waals surface area contributed by atoms with E-state index in [1.54, 1.807) is 36.4 Å². The first kappa shape index (κ1) is 25.9. The zero-order valence-corrected chi connectivity index (χ0v) is 21.8. The molecular weight excluding hydrogens is 515 g/mol. The molecule has 0 radical (unpaired) electrons. The zero-order chi connectivity index (χ0) is 27.9. The third kappa shape index (κ3) is 5.24. The second-order valence-electron chi connectivity index (χ2n) is 10.7. The lowest BCUT2D eigenvalue weighted by Gasteiger charge is -2.38. The topological polar surface area (TPSA) is 122 Å². The van der Waals surface area contributed by atoms with Gasteiger partial charge in [-0.15, -0.1) is 0 Å². The van der Waals surface area contributed by atoms with Crippen LogP contribution in [0.1, 0.15) is 41.6 Å². The van der Waals surface area contributed by atoms with Crippen LogP contribution in [0.4, 0.5) is 4.39 Å². The summed E-state index contributed by atoms with van der Waals surface area (Å²) < 4.78 is 16.0. The molecule has 1 aliphatic heterocycles. The van der Waals surface area contributed by atoms with Crippen LogP contribution in [0, 0.1) is 11.7 Å². The van der Waals surface area contributed by atoms with E-state index in [0.29, 0.717) is 48.2 Å². The molecule has 2 fully saturated rings. The van der Waals surface area contributed by atoms with Crippen molar-refractivity contribution in [2.75, 3.05) is 13.1 Å². The van der Waals surface area contributed by atoms with Gasteiger partial charge in [0.05, 0.1) is 24.0 Å². The number of nitrogens with one attached hydrogen (secondary N) is 1. The number of halogens is 1. The number of aliphatic hydroxyl groups is 1. The summed E-state index contributed by atoms with van der Waals surface area (Å²) in [5, 5.41) is 18.6. The Morgan fingerprint density at radius 1 is 1.05 bits per heavy atom. The number of likely N-dealkylation sites (tertiary alicyclic amines) is 1. The highest BCUT2D eigenvalue weighted by Gasteiger charge is 2.39. The molecule has 2 aliphatic rings. The van der Waals surface area contributed by atoms with Gasteiger partial charge in [-0.3, -0.25) is 19.0 Å². The van der Waals surface area contributed by atoms with Gasteiger partial charge in [0.25, 0.3) is 11.5 Å². The number of aromatic nitrogens is 4. The second kappa shape index (κ2) is 10.3. The van der Waals surface area contributed by atoms with Crippen molar-refractivity contribution >= 4 is 22.8 Å². The molecule has 2 amide bonds. The van der Waals surface area contributed by atoms with Crippen LogP contribution in [-0.4, -0.2) is 59.8 Å². The van der Waals surface area contributed by atoms with E-state index >= 15 is 0 Å². The molecule has 40 heavy (non-hydrogen) atoms. The summed E-state index contributed by atoms with van der Waals surface area (Å²) >= 11 is 0. The van der Waals surface area contributed by atoms with E-state index < -0.39 is 5.60 Å². The molecule has 0 atom stereocenters. The minimum absolute atomic E-state index is 0.0904. The van der Waals surface area contributed by atoms with Crippen LogP contribution in [-0.2, 0) is 17.9 Å². The predicted molar refractivity (Wildman–Crippen MR) is 144 cm³/mol. The number of fused-ring (bicyclic) bond motifs is 1. The van der Waals surface area contributed by atoms with Crippen molar-refractivity contribution in [3.05, 3.63) is 88.4 Å². The number of amides is 2. The van der Waals surface area contributed by atoms with Crippen molar-refractivity contribution in [3.63, 3.8) is 0 Å². The quantitative estimate of drug-likeness (QED) is 0.369. The van der Waals surface area contributed by atoms with Gasteiger partial charge in [-0.25, -0.2) is 14.1 Å². The maximum absolute atomic E-state index is 13.2. The molecule has 1 saturated heterocycles. The Hall–Kier alpha value is -4.38. The van der Waals surface area contributed by atoms with Crippen molar-refractivity contribution in [3.8, 4) is 5.69 Å². The molecule has 206 valence electrons. The molecule has 4 aromatic rings. The third-order valence-corrected chi connectivity index (χ3v) is 7.69. The molecule has 2 N–H and O–H groups in total. The third-order valence-electron chi connectivity index (χ3n) is 7.69. The lowest BCUT2D eigenvalue weighted by molar-refractivity contribution is -0.137. The van der Waals surface area contributed by atoms with Gasteiger partial charge in [0.1, 0.15) is 17.5 Å². The van der Waals surface area contributed by atoms with Crippen molar-refractivity contribution in [2.24, 2.45) is 5.92 Å². The number of carbonyl (C=O) groups excluding carboxylic acids is 2. The van der Waals surface area contributed by atoms with Gasteiger partial charge in [-0.1, -0.05) is 12.1 Å². The number of piperidine rings is 1. The van der Waals surface area contributed by atoms with Gasteiger partial charge in [0.2, 0.25) is 5.91 Å². The summed E-state index contributed by atoms with van der Waals surface area (Å²) in [6, 6.07) is 12.7. The van der Waals surface area contributed by atoms with Gasteiger partial charge in [0, 0.05) is 31.1 Å². The molecule has 6 rings (SSSR count). The number of carbonyl (C=O) groups is 2. The smallest absolute Gasteiger partial charge is 0.264 e. The molecule has 11 heteroatoms. The number of hydrogen-bond donors (Lipinski definition) is 2. The van der Waals surface area contributed by atoms with Crippen LogP contribution in [0.15, 0.2) is 65.8 Å². The Balaban J connectivity index is 1.13. The van der Waals surface area contributed by atoms with Crippen LogP contribution in [0.25, 0.3) is 16.7 Å². The molecule has 0 unspecified atom stereocenters. The lowest BCUT2D eigenvalue weighted by atomic mass is 9.91. The van der Waals surface area contributed by atoms with Crippen molar-refractivity contribution in [1.82, 2.24) is 29.5 Å². The van der Waals surface area contributed by atoms with Gasteiger partial charge < -0.3 is 15.3 Å². The predicted octanol–water partition coefficient (Wildman–Crippen LogP) is 2.41. The number of benzene rings is 2. The Morgan fingerprint density at radius 2 is 1.75 bits per heavy atom. The monoisotopic (exact) mass is 544 g/mol. The van der Waals surface area contributed by atoms with Gasteiger partial charge in [0.15, 0.2) is 5.65 Å². The molecule has 2 aromatic carbocycles. The summed E-state index contributed by atoms with van der Waals surface area (Å²) in [6.45, 7) is 1.32. The first-order valence-corrected chi connectivity index (χ1v) is 13.4. The second-order valence-corrected chi connectivity index (χ2v) is 10.7. The first-order valence-electron chi connectivity index (χ1n) is 13.4. The van der Waals surface area contributed by atoms with Gasteiger partial charge in [-0.05, 0) is 67.6 Å². The summed E-state index contributed by atoms with van der Waals surface area (Å²) in [5.74, 6) is -0.282. The fraction of sp³-hybridized carbons (Fsp3) is 0.345. The Bertz CT molecular complexity index is 1620. The summed E-state index contributed by atoms with van der Waals surface area (Å²) in [5.41, 5.74) is 0.816. The van der Waals surface area contributed by atoms with Crippen LogP contribution in [0.2, 0.25) is 0 Å². The van der Waals surface area contributed by atoms with Crippen molar-refractivity contribution < 1.29 is 19.1 Å². The normalized spacial score (nSPS) is 16.7. The van der Waals surface area contributed by atoms with Crippen LogP contribution < -0.4 is 10.9 Å².